The maximum absolute atomic E-state index is 15.6. The number of benzene rings is 3. The zero-order valence-electron chi connectivity index (χ0n) is 36.1. The van der Waals surface area contributed by atoms with Crippen LogP contribution in [0.4, 0.5) is 26.4 Å². The van der Waals surface area contributed by atoms with E-state index in [0.717, 1.165) is 51.9 Å². The van der Waals surface area contributed by atoms with Crippen molar-refractivity contribution in [3.05, 3.63) is 124 Å². The molecule has 1 unspecified atom stereocenters. The predicted octanol–water partition coefficient (Wildman–Crippen LogP) is 6.76. The lowest BCUT2D eigenvalue weighted by Crippen LogP contribution is -2.39. The van der Waals surface area contributed by atoms with Crippen LogP contribution in [-0.4, -0.2) is 82.6 Å². The summed E-state index contributed by atoms with van der Waals surface area (Å²) >= 11 is 0. The van der Waals surface area contributed by atoms with E-state index >= 15 is 4.39 Å². The van der Waals surface area contributed by atoms with Crippen molar-refractivity contribution in [1.82, 2.24) is 29.6 Å². The number of nitrogens with zero attached hydrogens (tertiary/aromatic N) is 8. The van der Waals surface area contributed by atoms with Crippen molar-refractivity contribution in [3.63, 3.8) is 0 Å². The Bertz CT molecular complexity index is 2840. The number of nitrogens with one attached hydrogen (secondary N) is 1. The van der Waals surface area contributed by atoms with Crippen LogP contribution in [0, 0.1) is 5.82 Å². The minimum atomic E-state index is -0.550. The molecule has 0 spiro atoms. The number of methoxy groups -OCH3 is 2. The van der Waals surface area contributed by atoms with Crippen molar-refractivity contribution in [1.29, 1.82) is 0 Å². The van der Waals surface area contributed by atoms with E-state index in [4.69, 9.17) is 14.5 Å². The number of anilines is 3. The summed E-state index contributed by atoms with van der Waals surface area (Å²) in [5.41, 5.74) is 7.21. The molecule has 6 aromatic rings. The molecule has 3 aliphatic rings. The maximum Gasteiger partial charge on any atom is 0.353 e. The fourth-order valence-electron chi connectivity index (χ4n) is 9.37. The van der Waals surface area contributed by atoms with Gasteiger partial charge in [0.05, 0.1) is 43.4 Å². The number of carbonyl (C=O) groups excluding carboxylic acids is 3. The van der Waals surface area contributed by atoms with Gasteiger partial charge in [0, 0.05) is 63.2 Å². The lowest BCUT2D eigenvalue weighted by Gasteiger charge is -2.34. The van der Waals surface area contributed by atoms with E-state index in [0.29, 0.717) is 67.5 Å². The van der Waals surface area contributed by atoms with Gasteiger partial charge in [0.15, 0.2) is 0 Å². The highest BCUT2D eigenvalue weighted by Crippen LogP contribution is 2.44. The van der Waals surface area contributed by atoms with Gasteiger partial charge in [0.1, 0.15) is 17.4 Å². The molecule has 0 saturated carbocycles. The molecule has 6 heterocycles. The molecule has 3 aromatic heterocycles. The molecule has 1 N–H and O–H groups in total. The number of rotatable bonds is 11. The lowest BCUT2D eigenvalue weighted by atomic mass is 9.86. The number of hydrogen-bond acceptors (Lipinski definition) is 10. The second-order valence-electron chi connectivity index (χ2n) is 16.2. The van der Waals surface area contributed by atoms with Gasteiger partial charge in [-0.25, -0.2) is 28.2 Å². The molecule has 0 radical (unpaired) electrons. The van der Waals surface area contributed by atoms with Crippen LogP contribution in [0.1, 0.15) is 61.1 Å². The summed E-state index contributed by atoms with van der Waals surface area (Å²) in [5, 5.41) is 6.64. The summed E-state index contributed by atoms with van der Waals surface area (Å²) in [4.78, 5) is 65.9. The van der Waals surface area contributed by atoms with Crippen molar-refractivity contribution in [2.75, 3.05) is 55.1 Å². The first-order valence-corrected chi connectivity index (χ1v) is 21.5. The van der Waals surface area contributed by atoms with Gasteiger partial charge in [-0.05, 0) is 108 Å². The Labute approximate surface area is 369 Å². The third-order valence-corrected chi connectivity index (χ3v) is 12.7. The third-order valence-electron chi connectivity index (χ3n) is 12.7. The van der Waals surface area contributed by atoms with E-state index in [1.165, 1.54) is 22.4 Å². The zero-order valence-corrected chi connectivity index (χ0v) is 36.1. The highest BCUT2D eigenvalue weighted by Gasteiger charge is 2.34. The average Bonchev–Trinajstić information content (AvgIpc) is 3.85. The summed E-state index contributed by atoms with van der Waals surface area (Å²) in [5.74, 6) is -0.242. The second kappa shape index (κ2) is 17.4. The number of pyridine rings is 2. The Balaban J connectivity index is 1.04. The highest BCUT2D eigenvalue weighted by atomic mass is 19.1. The van der Waals surface area contributed by atoms with E-state index in [1.54, 1.807) is 54.7 Å². The van der Waals surface area contributed by atoms with Gasteiger partial charge in [-0.3, -0.25) is 29.7 Å². The number of urea groups is 1. The summed E-state index contributed by atoms with van der Waals surface area (Å²) in [6.07, 6.45) is 7.80. The summed E-state index contributed by atoms with van der Waals surface area (Å²) < 4.78 is 29.9. The predicted molar refractivity (Wildman–Crippen MR) is 240 cm³/mol. The van der Waals surface area contributed by atoms with Crippen molar-refractivity contribution in [2.45, 2.75) is 50.9 Å². The Morgan fingerprint density at radius 1 is 0.781 bits per heavy atom. The summed E-state index contributed by atoms with van der Waals surface area (Å²) in [7, 11) is 4.68. The first-order chi connectivity index (χ1) is 31.1. The third kappa shape index (κ3) is 7.62. The summed E-state index contributed by atoms with van der Waals surface area (Å²) in [6.45, 7) is 4.23. The van der Waals surface area contributed by atoms with Crippen molar-refractivity contribution < 1.29 is 28.2 Å². The number of piperidine rings is 2. The number of ether oxygens (including phenoxy) is 2. The molecule has 3 fully saturated rings. The molecular formula is C48H48FN9O6. The molecule has 64 heavy (non-hydrogen) atoms. The van der Waals surface area contributed by atoms with E-state index in [9.17, 15) is 19.2 Å². The topological polar surface area (TPSA) is 157 Å². The van der Waals surface area contributed by atoms with E-state index in [2.05, 4.69) is 27.5 Å². The van der Waals surface area contributed by atoms with Crippen LogP contribution in [-0.2, 0) is 23.1 Å². The molecule has 16 heteroatoms. The first-order valence-electron chi connectivity index (χ1n) is 21.5. The number of halogens is 1. The number of imide groups is 1. The Morgan fingerprint density at radius 3 is 2.28 bits per heavy atom. The average molecular weight is 866 g/mol. The maximum atomic E-state index is 15.6. The van der Waals surface area contributed by atoms with Gasteiger partial charge in [-0.15, -0.1) is 5.10 Å². The number of carbonyl (C=O) groups is 3. The number of aromatic nitrogens is 5. The molecule has 3 aliphatic heterocycles. The molecule has 0 bridgehead atoms. The fourth-order valence-corrected chi connectivity index (χ4v) is 9.37. The van der Waals surface area contributed by atoms with Crippen molar-refractivity contribution >= 4 is 35.0 Å². The monoisotopic (exact) mass is 865 g/mol. The SMILES string of the molecule is CCc1c(-c2ccc(-n3c(OC)nn(C)c3=O)cc2-c2ccc(C3CCN(c4ccc(C5CCC(=O)NC5=O)cc4F)CC3)cc2OC)ccnc1N1CCN(c2cccnc2)C1=O. The minimum absolute atomic E-state index is 0.135. The number of amides is 4. The van der Waals surface area contributed by atoms with Crippen molar-refractivity contribution in [3.8, 4) is 39.7 Å². The largest absolute Gasteiger partial charge is 0.496 e. The van der Waals surface area contributed by atoms with E-state index in [1.807, 2.05) is 54.3 Å². The van der Waals surface area contributed by atoms with Gasteiger partial charge in [0.2, 0.25) is 11.8 Å². The van der Waals surface area contributed by atoms with Crippen molar-refractivity contribution in [2.24, 2.45) is 7.05 Å². The van der Waals surface area contributed by atoms with Gasteiger partial charge in [-0.1, -0.05) is 31.2 Å². The minimum Gasteiger partial charge on any atom is -0.496 e. The molecule has 328 valence electrons. The fraction of sp³-hybridized carbons (Fsp3) is 0.312. The molecule has 1 atom stereocenters. The van der Waals surface area contributed by atoms with Crippen LogP contribution in [0.5, 0.6) is 11.8 Å². The Hall–Kier alpha value is -7.36. The van der Waals surface area contributed by atoms with Crippen LogP contribution < -0.4 is 35.2 Å². The molecule has 4 amide bonds. The number of aryl methyl sites for hydroxylation is 1. The van der Waals surface area contributed by atoms with Crippen LogP contribution in [0.25, 0.3) is 27.9 Å². The molecule has 15 nitrogen and oxygen atoms in total. The Morgan fingerprint density at radius 2 is 1.56 bits per heavy atom. The molecule has 3 saturated heterocycles. The summed E-state index contributed by atoms with van der Waals surface area (Å²) in [6, 6.07) is 22.5. The second-order valence-corrected chi connectivity index (χ2v) is 16.2. The normalized spacial score (nSPS) is 17.0. The van der Waals surface area contributed by atoms with Crippen LogP contribution in [0.3, 0.4) is 0 Å². The van der Waals surface area contributed by atoms with Crippen LogP contribution >= 0.6 is 0 Å². The standard InChI is InChI=1S/C48H48FN9O6/c1-5-34-37(16-20-51-44(34)57-24-23-56(48(57)62)33-7-6-19-50-28-33)36-12-10-32(58-46(64-4)53-54(2)47(58)61)27-39(36)38-11-8-30(26-42(38)63-3)29-17-21-55(22-18-29)41-14-9-31(25-40(41)49)35-13-15-43(59)52-45(35)60/h6-12,14,16,19-20,25-29,35H,5,13,15,17-18,21-24H2,1-4H3,(H,52,59,60). The number of hydrogen-bond donors (Lipinski definition) is 1. The van der Waals surface area contributed by atoms with Gasteiger partial charge in [-0.2, -0.15) is 0 Å². The zero-order chi connectivity index (χ0) is 44.6. The molecule has 9 rings (SSSR count). The van der Waals surface area contributed by atoms with Gasteiger partial charge >= 0.3 is 17.7 Å². The Kier molecular flexibility index (Phi) is 11.4. The first kappa shape index (κ1) is 42.0. The highest BCUT2D eigenvalue weighted by molar-refractivity contribution is 6.06. The van der Waals surface area contributed by atoms with E-state index < -0.39 is 5.92 Å². The van der Waals surface area contributed by atoms with E-state index in [-0.39, 0.29) is 47.7 Å². The van der Waals surface area contributed by atoms with Gasteiger partial charge in [0.25, 0.3) is 0 Å². The van der Waals surface area contributed by atoms with Gasteiger partial charge < -0.3 is 14.4 Å². The molecular weight excluding hydrogens is 818 g/mol. The smallest absolute Gasteiger partial charge is 0.353 e. The van der Waals surface area contributed by atoms with Crippen LogP contribution in [0.15, 0.2) is 96.2 Å². The molecule has 0 aliphatic carbocycles. The molecule has 3 aromatic carbocycles. The van der Waals surface area contributed by atoms with Crippen LogP contribution in [0.2, 0.25) is 0 Å². The lowest BCUT2D eigenvalue weighted by molar-refractivity contribution is -0.134. The quantitative estimate of drug-likeness (QED) is 0.138.